The Labute approximate surface area is 161 Å². The standard InChI is InChI=1S/C21H18N6O/c1-15(12-19(28)16-8-4-2-5-9-16)25-26-14-23-21-18(20(26)22)13-24-27(21)17-10-6-3-7-11-17/h2-11,13-14,22H,12H2,1H3/b22-20?,25-15+. The van der Waals surface area contributed by atoms with Gasteiger partial charge in [-0.3, -0.25) is 10.2 Å². The number of rotatable bonds is 5. The molecule has 4 rings (SSSR count). The first-order chi connectivity index (χ1) is 13.6. The highest BCUT2D eigenvalue weighted by molar-refractivity contribution is 6.08. The van der Waals surface area contributed by atoms with Crippen molar-refractivity contribution in [3.63, 3.8) is 0 Å². The molecule has 0 unspecified atom stereocenters. The van der Waals surface area contributed by atoms with Crippen LogP contribution in [0, 0.1) is 5.41 Å². The minimum atomic E-state index is -0.0140. The highest BCUT2D eigenvalue weighted by Crippen LogP contribution is 2.13. The zero-order valence-corrected chi connectivity index (χ0v) is 15.3. The molecule has 7 nitrogen and oxygen atoms in total. The summed E-state index contributed by atoms with van der Waals surface area (Å²) >= 11 is 0. The molecule has 0 radical (unpaired) electrons. The van der Waals surface area contributed by atoms with E-state index >= 15 is 0 Å². The van der Waals surface area contributed by atoms with Gasteiger partial charge in [0, 0.05) is 11.3 Å². The maximum Gasteiger partial charge on any atom is 0.168 e. The SMILES string of the molecule is C/C(CC(=O)c1ccccc1)=N\n1cnc2c(cnn2-c2ccccc2)c1=N. The van der Waals surface area contributed by atoms with Crippen LogP contribution in [0.5, 0.6) is 0 Å². The zero-order chi connectivity index (χ0) is 19.5. The van der Waals surface area contributed by atoms with Gasteiger partial charge in [0.05, 0.1) is 23.7 Å². The van der Waals surface area contributed by atoms with Gasteiger partial charge in [0.1, 0.15) is 6.33 Å². The molecule has 0 aliphatic carbocycles. The number of hydrogen-bond acceptors (Lipinski definition) is 5. The number of para-hydroxylation sites is 1. The molecule has 28 heavy (non-hydrogen) atoms. The number of benzene rings is 2. The van der Waals surface area contributed by atoms with Gasteiger partial charge in [-0.15, -0.1) is 0 Å². The van der Waals surface area contributed by atoms with Crippen molar-refractivity contribution in [1.29, 1.82) is 5.41 Å². The molecule has 4 aromatic rings. The molecular weight excluding hydrogens is 352 g/mol. The number of nitrogens with one attached hydrogen (secondary N) is 1. The van der Waals surface area contributed by atoms with Crippen molar-refractivity contribution < 1.29 is 4.79 Å². The van der Waals surface area contributed by atoms with E-state index in [9.17, 15) is 4.79 Å². The minimum absolute atomic E-state index is 0.0140. The quantitative estimate of drug-likeness (QED) is 0.432. The van der Waals surface area contributed by atoms with E-state index in [1.807, 2.05) is 48.5 Å². The monoisotopic (exact) mass is 370 g/mol. The number of Topliss-reactive ketones (excluding diaryl/α,β-unsaturated/α-hetero) is 1. The zero-order valence-electron chi connectivity index (χ0n) is 15.3. The third-order valence-corrected chi connectivity index (χ3v) is 4.31. The van der Waals surface area contributed by atoms with Crippen LogP contribution in [0.3, 0.4) is 0 Å². The lowest BCUT2D eigenvalue weighted by Crippen LogP contribution is -2.19. The van der Waals surface area contributed by atoms with Crippen LogP contribution in [0.2, 0.25) is 0 Å². The van der Waals surface area contributed by atoms with Crippen LogP contribution in [-0.2, 0) is 0 Å². The summed E-state index contributed by atoms with van der Waals surface area (Å²) in [5.74, 6) is -0.0140. The lowest BCUT2D eigenvalue weighted by atomic mass is 10.1. The summed E-state index contributed by atoms with van der Waals surface area (Å²) in [6, 6.07) is 18.7. The Hall–Kier alpha value is -3.87. The summed E-state index contributed by atoms with van der Waals surface area (Å²) in [5.41, 5.74) is 2.87. The van der Waals surface area contributed by atoms with Gasteiger partial charge in [0.2, 0.25) is 0 Å². The van der Waals surface area contributed by atoms with Crippen molar-refractivity contribution in [3.8, 4) is 5.69 Å². The van der Waals surface area contributed by atoms with Gasteiger partial charge in [0.25, 0.3) is 0 Å². The number of nitrogens with zero attached hydrogens (tertiary/aromatic N) is 5. The van der Waals surface area contributed by atoms with Gasteiger partial charge < -0.3 is 0 Å². The second kappa shape index (κ2) is 7.40. The molecule has 2 aromatic heterocycles. The van der Waals surface area contributed by atoms with Gasteiger partial charge in [0.15, 0.2) is 16.9 Å². The number of carbonyl (C=O) groups excluding carboxylic acids is 1. The largest absolute Gasteiger partial charge is 0.294 e. The van der Waals surface area contributed by atoms with Crippen molar-refractivity contribution in [2.24, 2.45) is 5.10 Å². The van der Waals surface area contributed by atoms with E-state index in [1.54, 1.807) is 29.9 Å². The van der Waals surface area contributed by atoms with Gasteiger partial charge in [-0.05, 0) is 19.1 Å². The van der Waals surface area contributed by atoms with Crippen LogP contribution in [0.25, 0.3) is 16.7 Å². The van der Waals surface area contributed by atoms with Crippen LogP contribution in [0.15, 0.2) is 78.3 Å². The first-order valence-electron chi connectivity index (χ1n) is 8.81. The van der Waals surface area contributed by atoms with Gasteiger partial charge in [-0.25, -0.2) is 14.3 Å². The molecule has 0 spiro atoms. The number of fused-ring (bicyclic) bond motifs is 1. The van der Waals surface area contributed by atoms with Crippen LogP contribution < -0.4 is 5.49 Å². The smallest absolute Gasteiger partial charge is 0.168 e. The Bertz CT molecular complexity index is 1220. The van der Waals surface area contributed by atoms with Crippen molar-refractivity contribution >= 4 is 22.5 Å². The number of carbonyl (C=O) groups is 1. The van der Waals surface area contributed by atoms with Crippen LogP contribution in [0.1, 0.15) is 23.7 Å². The van der Waals surface area contributed by atoms with Crippen LogP contribution in [-0.4, -0.2) is 30.9 Å². The molecule has 2 aromatic carbocycles. The molecule has 0 amide bonds. The molecule has 0 fully saturated rings. The summed E-state index contributed by atoms with van der Waals surface area (Å²) < 4.78 is 3.06. The molecule has 7 heteroatoms. The Kier molecular flexibility index (Phi) is 4.63. The highest BCUT2D eigenvalue weighted by atomic mass is 16.1. The number of hydrogen-bond donors (Lipinski definition) is 1. The molecule has 138 valence electrons. The average Bonchev–Trinajstić information content (AvgIpc) is 3.16. The Morgan fingerprint density at radius 2 is 1.75 bits per heavy atom. The Balaban J connectivity index is 1.65. The molecule has 0 saturated carbocycles. The molecule has 1 N–H and O–H groups in total. The predicted octanol–water partition coefficient (Wildman–Crippen LogP) is 3.20. The lowest BCUT2D eigenvalue weighted by molar-refractivity contribution is 0.100. The van der Waals surface area contributed by atoms with Crippen LogP contribution >= 0.6 is 0 Å². The Morgan fingerprint density at radius 3 is 2.46 bits per heavy atom. The average molecular weight is 370 g/mol. The molecule has 0 saturated heterocycles. The van der Waals surface area contributed by atoms with E-state index < -0.39 is 0 Å². The third kappa shape index (κ3) is 3.37. The highest BCUT2D eigenvalue weighted by Gasteiger charge is 2.11. The maximum atomic E-state index is 12.3. The fourth-order valence-electron chi connectivity index (χ4n) is 2.94. The molecule has 0 bridgehead atoms. The van der Waals surface area contributed by atoms with E-state index in [2.05, 4.69) is 15.2 Å². The summed E-state index contributed by atoms with van der Waals surface area (Å²) in [5, 5.41) is 17.7. The number of aromatic nitrogens is 4. The van der Waals surface area contributed by atoms with E-state index in [0.29, 0.717) is 22.3 Å². The Morgan fingerprint density at radius 1 is 1.07 bits per heavy atom. The van der Waals surface area contributed by atoms with E-state index in [1.165, 1.54) is 11.0 Å². The summed E-state index contributed by atoms with van der Waals surface area (Å²) in [7, 11) is 0. The van der Waals surface area contributed by atoms with E-state index in [4.69, 9.17) is 5.41 Å². The topological polar surface area (TPSA) is 88.9 Å². The maximum absolute atomic E-state index is 12.3. The molecule has 0 aliphatic heterocycles. The second-order valence-electron chi connectivity index (χ2n) is 6.37. The number of ketones is 1. The van der Waals surface area contributed by atoms with Crippen molar-refractivity contribution in [1.82, 2.24) is 19.4 Å². The summed E-state index contributed by atoms with van der Waals surface area (Å²) in [4.78, 5) is 16.8. The van der Waals surface area contributed by atoms with Crippen molar-refractivity contribution in [2.45, 2.75) is 13.3 Å². The lowest BCUT2D eigenvalue weighted by Gasteiger charge is -2.05. The first kappa shape index (κ1) is 17.5. The predicted molar refractivity (Wildman–Crippen MR) is 107 cm³/mol. The van der Waals surface area contributed by atoms with Gasteiger partial charge in [-0.1, -0.05) is 48.5 Å². The molecule has 0 aliphatic rings. The second-order valence-corrected chi connectivity index (χ2v) is 6.37. The first-order valence-corrected chi connectivity index (χ1v) is 8.81. The molecular formula is C21H18N6O. The van der Waals surface area contributed by atoms with Gasteiger partial charge >= 0.3 is 0 Å². The minimum Gasteiger partial charge on any atom is -0.294 e. The summed E-state index contributed by atoms with van der Waals surface area (Å²) in [6.45, 7) is 1.77. The van der Waals surface area contributed by atoms with Crippen molar-refractivity contribution in [3.05, 3.63) is 84.2 Å². The van der Waals surface area contributed by atoms with E-state index in [-0.39, 0.29) is 17.7 Å². The summed E-state index contributed by atoms with van der Waals surface area (Å²) in [6.07, 6.45) is 3.26. The normalized spacial score (nSPS) is 11.7. The van der Waals surface area contributed by atoms with E-state index in [0.717, 1.165) is 5.69 Å². The van der Waals surface area contributed by atoms with Crippen LogP contribution in [0.4, 0.5) is 0 Å². The fourth-order valence-corrected chi connectivity index (χ4v) is 2.94. The third-order valence-electron chi connectivity index (χ3n) is 4.31. The van der Waals surface area contributed by atoms with Gasteiger partial charge in [-0.2, -0.15) is 10.2 Å². The van der Waals surface area contributed by atoms with Crippen molar-refractivity contribution in [2.75, 3.05) is 0 Å². The molecule has 0 atom stereocenters. The molecule has 2 heterocycles. The fraction of sp³-hybridized carbons (Fsp3) is 0.0952.